The number of allylic oxidation sites excluding steroid dienone is 1. The molecule has 1 aliphatic carbocycles. The van der Waals surface area contributed by atoms with Crippen molar-refractivity contribution in [2.24, 2.45) is 0 Å². The van der Waals surface area contributed by atoms with Gasteiger partial charge in [0.2, 0.25) is 0 Å². The average Bonchev–Trinajstić information content (AvgIpc) is 3.15. The lowest BCUT2D eigenvalue weighted by molar-refractivity contribution is 0.594. The third-order valence-electron chi connectivity index (χ3n) is 5.04. The van der Waals surface area contributed by atoms with Crippen LogP contribution in [-0.4, -0.2) is 0 Å². The number of rotatable bonds is 3. The van der Waals surface area contributed by atoms with Gasteiger partial charge in [-0.1, -0.05) is 84.9 Å². The number of furan rings is 1. The first kappa shape index (κ1) is 15.7. The standard InChI is InChI=1S/C26H18O/c1-3-11-19(12-4-1)21-15-7-8-16-22(21)26-24-18-10-9-17-23(24)25(27-26)20-13-5-2-6-14-20/h1-3,5-9,11,13-17H,10,18H2. The van der Waals surface area contributed by atoms with Crippen LogP contribution in [0.15, 0.2) is 83.3 Å². The van der Waals surface area contributed by atoms with E-state index in [0.717, 1.165) is 46.6 Å². The summed E-state index contributed by atoms with van der Waals surface area (Å²) in [6.07, 6.45) is 6.48. The maximum Gasteiger partial charge on any atom is 0.142 e. The Morgan fingerprint density at radius 3 is 2.41 bits per heavy atom. The number of hydrogen-bond acceptors (Lipinski definition) is 1. The zero-order valence-electron chi connectivity index (χ0n) is 14.9. The summed E-state index contributed by atoms with van der Waals surface area (Å²) in [5.74, 6) is 1.93. The predicted octanol–water partition coefficient (Wildman–Crippen LogP) is 6.84. The molecule has 27 heavy (non-hydrogen) atoms. The van der Waals surface area contributed by atoms with Gasteiger partial charge in [0.1, 0.15) is 11.5 Å². The molecule has 1 heterocycles. The second-order valence-corrected chi connectivity index (χ2v) is 6.71. The lowest BCUT2D eigenvalue weighted by Gasteiger charge is -2.10. The van der Waals surface area contributed by atoms with E-state index in [4.69, 9.17) is 4.42 Å². The lowest BCUT2D eigenvalue weighted by Crippen LogP contribution is -1.94. The minimum Gasteiger partial charge on any atom is -0.455 e. The summed E-state index contributed by atoms with van der Waals surface area (Å²) in [5, 5.41) is 0. The van der Waals surface area contributed by atoms with Gasteiger partial charge in [0.05, 0.1) is 0 Å². The van der Waals surface area contributed by atoms with E-state index in [1.54, 1.807) is 0 Å². The molecule has 0 unspecified atom stereocenters. The molecule has 0 bridgehead atoms. The molecular formula is C26H18O. The fourth-order valence-electron chi connectivity index (χ4n) is 3.78. The fraction of sp³-hybridized carbons (Fsp3) is 0.0769. The molecule has 1 aromatic heterocycles. The molecule has 0 atom stereocenters. The van der Waals surface area contributed by atoms with Crippen LogP contribution in [0.5, 0.6) is 0 Å². The molecule has 128 valence electrons. The Labute approximate surface area is 159 Å². The van der Waals surface area contributed by atoms with Gasteiger partial charge in [0.15, 0.2) is 0 Å². The van der Waals surface area contributed by atoms with Gasteiger partial charge < -0.3 is 4.42 Å². The van der Waals surface area contributed by atoms with E-state index >= 15 is 0 Å². The maximum atomic E-state index is 6.53. The summed E-state index contributed by atoms with van der Waals surface area (Å²) >= 11 is 0. The van der Waals surface area contributed by atoms with Crippen molar-refractivity contribution in [2.45, 2.75) is 12.8 Å². The van der Waals surface area contributed by atoms with Gasteiger partial charge in [0, 0.05) is 33.4 Å². The van der Waals surface area contributed by atoms with Gasteiger partial charge in [-0.2, -0.15) is 0 Å². The van der Waals surface area contributed by atoms with Gasteiger partial charge in [-0.3, -0.25) is 0 Å². The summed E-state index contributed by atoms with van der Waals surface area (Å²) in [6.45, 7) is 0. The Kier molecular flexibility index (Phi) is 3.88. The molecule has 5 rings (SSSR count). The highest BCUT2D eigenvalue weighted by Crippen LogP contribution is 2.43. The van der Waals surface area contributed by atoms with Crippen molar-refractivity contribution in [3.8, 4) is 33.8 Å². The Balaban J connectivity index is 1.74. The van der Waals surface area contributed by atoms with Crippen molar-refractivity contribution in [3.63, 3.8) is 0 Å². The van der Waals surface area contributed by atoms with Crippen LogP contribution in [0, 0.1) is 12.1 Å². The van der Waals surface area contributed by atoms with E-state index in [9.17, 15) is 0 Å². The van der Waals surface area contributed by atoms with Crippen LogP contribution in [-0.2, 0) is 6.42 Å². The van der Waals surface area contributed by atoms with Gasteiger partial charge in [0.25, 0.3) is 0 Å². The van der Waals surface area contributed by atoms with Crippen molar-refractivity contribution in [1.29, 1.82) is 0 Å². The SMILES string of the molecule is c1cccc(-c2ccccc2-c2oc(-c3ccccc3)c3c2CCC=C3)c#1. The van der Waals surface area contributed by atoms with Crippen molar-refractivity contribution < 1.29 is 4.42 Å². The fourth-order valence-corrected chi connectivity index (χ4v) is 3.78. The molecule has 4 aromatic rings. The highest BCUT2D eigenvalue weighted by molar-refractivity contribution is 5.87. The van der Waals surface area contributed by atoms with E-state index < -0.39 is 0 Å². The highest BCUT2D eigenvalue weighted by atomic mass is 16.3. The highest BCUT2D eigenvalue weighted by Gasteiger charge is 2.23. The second-order valence-electron chi connectivity index (χ2n) is 6.71. The van der Waals surface area contributed by atoms with Crippen LogP contribution in [0.4, 0.5) is 0 Å². The molecule has 0 spiro atoms. The smallest absolute Gasteiger partial charge is 0.142 e. The first-order valence-electron chi connectivity index (χ1n) is 9.27. The minimum absolute atomic E-state index is 0.954. The zero-order valence-corrected chi connectivity index (χ0v) is 14.9. The Morgan fingerprint density at radius 2 is 1.59 bits per heavy atom. The third kappa shape index (κ3) is 2.76. The van der Waals surface area contributed by atoms with Crippen LogP contribution >= 0.6 is 0 Å². The third-order valence-corrected chi connectivity index (χ3v) is 5.04. The summed E-state index contributed by atoms with van der Waals surface area (Å²) in [4.78, 5) is 0. The topological polar surface area (TPSA) is 13.1 Å². The average molecular weight is 346 g/mol. The van der Waals surface area contributed by atoms with E-state index in [2.05, 4.69) is 78.9 Å². The molecular weight excluding hydrogens is 328 g/mol. The Hall–Kier alpha value is -3.50. The van der Waals surface area contributed by atoms with Crippen LogP contribution in [0.25, 0.3) is 39.9 Å². The van der Waals surface area contributed by atoms with Crippen molar-refractivity contribution in [3.05, 3.63) is 102 Å². The van der Waals surface area contributed by atoms with Crippen molar-refractivity contribution in [2.75, 3.05) is 0 Å². The summed E-state index contributed by atoms with van der Waals surface area (Å²) in [6, 6.07) is 31.0. The van der Waals surface area contributed by atoms with Gasteiger partial charge in [-0.15, -0.1) is 0 Å². The van der Waals surface area contributed by atoms with Crippen molar-refractivity contribution >= 4 is 6.08 Å². The van der Waals surface area contributed by atoms with E-state index in [-0.39, 0.29) is 0 Å². The summed E-state index contributed by atoms with van der Waals surface area (Å²) in [7, 11) is 0. The molecule has 1 nitrogen and oxygen atoms in total. The number of hydrogen-bond donors (Lipinski definition) is 0. The van der Waals surface area contributed by atoms with Gasteiger partial charge >= 0.3 is 0 Å². The maximum absolute atomic E-state index is 6.53. The molecule has 0 aliphatic heterocycles. The molecule has 0 saturated carbocycles. The first-order chi connectivity index (χ1) is 13.4. The second kappa shape index (κ2) is 6.67. The molecule has 1 heteroatoms. The zero-order chi connectivity index (χ0) is 18.1. The molecule has 0 fully saturated rings. The molecule has 3 aromatic carbocycles. The quantitative estimate of drug-likeness (QED) is 0.396. The normalized spacial score (nSPS) is 12.4. The molecule has 0 radical (unpaired) electrons. The molecule has 0 amide bonds. The number of fused-ring (bicyclic) bond motifs is 1. The van der Waals surface area contributed by atoms with Crippen LogP contribution in [0.1, 0.15) is 17.5 Å². The minimum atomic E-state index is 0.954. The predicted molar refractivity (Wildman–Crippen MR) is 110 cm³/mol. The van der Waals surface area contributed by atoms with E-state index in [0.29, 0.717) is 0 Å². The molecule has 0 N–H and O–H groups in total. The van der Waals surface area contributed by atoms with Gasteiger partial charge in [-0.25, -0.2) is 0 Å². The van der Waals surface area contributed by atoms with E-state index in [1.807, 2.05) is 18.2 Å². The molecule has 0 saturated heterocycles. The summed E-state index contributed by atoms with van der Waals surface area (Å²) in [5.41, 5.74) is 6.89. The molecule has 1 aliphatic rings. The van der Waals surface area contributed by atoms with Crippen molar-refractivity contribution in [1.82, 2.24) is 0 Å². The summed E-state index contributed by atoms with van der Waals surface area (Å²) < 4.78 is 6.53. The van der Waals surface area contributed by atoms with Crippen LogP contribution < -0.4 is 0 Å². The Morgan fingerprint density at radius 1 is 0.778 bits per heavy atom. The first-order valence-corrected chi connectivity index (χ1v) is 9.27. The number of benzene rings is 2. The largest absolute Gasteiger partial charge is 0.455 e. The monoisotopic (exact) mass is 346 g/mol. The van der Waals surface area contributed by atoms with Crippen LogP contribution in [0.3, 0.4) is 0 Å². The van der Waals surface area contributed by atoms with Gasteiger partial charge in [-0.05, 0) is 25.0 Å². The Bertz CT molecular complexity index is 1100. The van der Waals surface area contributed by atoms with Crippen LogP contribution in [0.2, 0.25) is 0 Å². The lowest BCUT2D eigenvalue weighted by atomic mass is 9.91. The van der Waals surface area contributed by atoms with E-state index in [1.165, 1.54) is 11.1 Å².